The van der Waals surface area contributed by atoms with Gasteiger partial charge in [-0.25, -0.2) is 0 Å². The SMILES string of the molecule is N#Cc1ccc(CSc2nnc(NC(=O)/C=C/c3cccc(C(F)(F)F)c3)s2)cc1. The topological polar surface area (TPSA) is 78.7 Å². The molecule has 5 nitrogen and oxygen atoms in total. The molecule has 3 rings (SSSR count). The largest absolute Gasteiger partial charge is 0.416 e. The Morgan fingerprint density at radius 1 is 1.20 bits per heavy atom. The van der Waals surface area contributed by atoms with Crippen molar-refractivity contribution >= 4 is 40.2 Å². The lowest BCUT2D eigenvalue weighted by molar-refractivity contribution is -0.137. The fraction of sp³-hybridized carbons (Fsp3) is 0.100. The number of nitrogens with zero attached hydrogens (tertiary/aromatic N) is 3. The molecule has 0 fully saturated rings. The summed E-state index contributed by atoms with van der Waals surface area (Å²) in [6, 6.07) is 13.9. The molecule has 152 valence electrons. The second-order valence-corrected chi connectivity index (χ2v) is 8.12. The van der Waals surface area contributed by atoms with E-state index in [1.165, 1.54) is 41.3 Å². The zero-order chi connectivity index (χ0) is 21.6. The van der Waals surface area contributed by atoms with Crippen LogP contribution in [0.2, 0.25) is 0 Å². The zero-order valence-electron chi connectivity index (χ0n) is 15.2. The standard InChI is InChI=1S/C20H13F3N4OS2/c21-20(22,23)16-3-1-2-13(10-16)8-9-17(28)25-18-26-27-19(30-18)29-12-15-6-4-14(11-24)5-7-15/h1-10H,12H2,(H,25,26,28)/b9-8+. The Labute approximate surface area is 178 Å². The first-order valence-electron chi connectivity index (χ1n) is 8.45. The summed E-state index contributed by atoms with van der Waals surface area (Å²) >= 11 is 2.62. The molecule has 0 atom stereocenters. The van der Waals surface area contributed by atoms with Gasteiger partial charge in [0.05, 0.1) is 17.2 Å². The van der Waals surface area contributed by atoms with E-state index in [1.807, 2.05) is 12.1 Å². The molecular weight excluding hydrogens is 433 g/mol. The van der Waals surface area contributed by atoms with Crippen molar-refractivity contribution in [1.82, 2.24) is 10.2 Å². The summed E-state index contributed by atoms with van der Waals surface area (Å²) in [6.07, 6.45) is -2.00. The summed E-state index contributed by atoms with van der Waals surface area (Å²) in [5.74, 6) is 0.108. The molecule has 0 bridgehead atoms. The molecule has 2 aromatic carbocycles. The number of alkyl halides is 3. The highest BCUT2D eigenvalue weighted by Gasteiger charge is 2.30. The lowest BCUT2D eigenvalue weighted by Gasteiger charge is -2.06. The first-order valence-corrected chi connectivity index (χ1v) is 10.3. The maximum atomic E-state index is 12.7. The number of carbonyl (C=O) groups is 1. The van der Waals surface area contributed by atoms with Crippen molar-refractivity contribution in [3.05, 3.63) is 76.9 Å². The normalized spacial score (nSPS) is 11.4. The number of aromatic nitrogens is 2. The number of thioether (sulfide) groups is 1. The molecule has 1 heterocycles. The molecule has 1 N–H and O–H groups in total. The van der Waals surface area contributed by atoms with Gasteiger partial charge < -0.3 is 0 Å². The van der Waals surface area contributed by atoms with Gasteiger partial charge in [0.15, 0.2) is 4.34 Å². The van der Waals surface area contributed by atoms with Crippen LogP contribution in [0.4, 0.5) is 18.3 Å². The molecule has 10 heteroatoms. The molecule has 0 aliphatic carbocycles. The van der Waals surface area contributed by atoms with E-state index >= 15 is 0 Å². The molecule has 0 aliphatic rings. The molecule has 0 radical (unpaired) electrons. The third-order valence-corrected chi connectivity index (χ3v) is 5.77. The van der Waals surface area contributed by atoms with E-state index in [0.29, 0.717) is 15.7 Å². The van der Waals surface area contributed by atoms with Crippen molar-refractivity contribution < 1.29 is 18.0 Å². The van der Waals surface area contributed by atoms with Gasteiger partial charge in [-0.1, -0.05) is 47.4 Å². The predicted octanol–water partition coefficient (Wildman–Crippen LogP) is 5.37. The van der Waals surface area contributed by atoms with Crippen LogP contribution in [-0.2, 0) is 16.7 Å². The molecule has 30 heavy (non-hydrogen) atoms. The number of amides is 1. The Hall–Kier alpha value is -3.16. The van der Waals surface area contributed by atoms with E-state index in [9.17, 15) is 18.0 Å². The minimum atomic E-state index is -4.44. The number of nitriles is 1. The van der Waals surface area contributed by atoms with Gasteiger partial charge in [0, 0.05) is 11.8 Å². The number of hydrogen-bond acceptors (Lipinski definition) is 6. The second-order valence-electron chi connectivity index (χ2n) is 5.92. The van der Waals surface area contributed by atoms with Gasteiger partial charge in [-0.15, -0.1) is 10.2 Å². The van der Waals surface area contributed by atoms with E-state index in [2.05, 4.69) is 21.6 Å². The molecule has 1 amide bonds. The van der Waals surface area contributed by atoms with Gasteiger partial charge in [-0.2, -0.15) is 18.4 Å². The third kappa shape index (κ3) is 6.17. The Morgan fingerprint density at radius 3 is 2.67 bits per heavy atom. The van der Waals surface area contributed by atoms with Crippen molar-refractivity contribution in [3.63, 3.8) is 0 Å². The average Bonchev–Trinajstić information content (AvgIpc) is 3.18. The van der Waals surface area contributed by atoms with E-state index in [4.69, 9.17) is 5.26 Å². The van der Waals surface area contributed by atoms with Crippen LogP contribution in [0.5, 0.6) is 0 Å². The van der Waals surface area contributed by atoms with Crippen molar-refractivity contribution in [2.45, 2.75) is 16.3 Å². The third-order valence-electron chi connectivity index (χ3n) is 3.72. The Balaban J connectivity index is 1.54. The van der Waals surface area contributed by atoms with E-state index in [-0.39, 0.29) is 10.7 Å². The minimum absolute atomic E-state index is 0.260. The van der Waals surface area contributed by atoms with Gasteiger partial charge in [-0.3, -0.25) is 10.1 Å². The van der Waals surface area contributed by atoms with Crippen LogP contribution >= 0.6 is 23.1 Å². The number of benzene rings is 2. The minimum Gasteiger partial charge on any atom is -0.297 e. The number of nitrogens with one attached hydrogen (secondary N) is 1. The summed E-state index contributed by atoms with van der Waals surface area (Å²) in [4.78, 5) is 12.0. The highest BCUT2D eigenvalue weighted by molar-refractivity contribution is 8.00. The monoisotopic (exact) mass is 446 g/mol. The van der Waals surface area contributed by atoms with Gasteiger partial charge in [0.25, 0.3) is 0 Å². The summed E-state index contributed by atoms with van der Waals surface area (Å²) < 4.78 is 38.8. The Kier molecular flexibility index (Phi) is 6.87. The number of anilines is 1. The predicted molar refractivity (Wildman–Crippen MR) is 110 cm³/mol. The van der Waals surface area contributed by atoms with Gasteiger partial charge in [0.2, 0.25) is 11.0 Å². The van der Waals surface area contributed by atoms with Gasteiger partial charge in [-0.05, 0) is 41.5 Å². The number of carbonyl (C=O) groups excluding carboxylic acids is 1. The summed E-state index contributed by atoms with van der Waals surface area (Å²) in [5, 5.41) is 19.5. The van der Waals surface area contributed by atoms with Crippen molar-refractivity contribution in [2.75, 3.05) is 5.32 Å². The second kappa shape index (κ2) is 9.56. The summed E-state index contributed by atoms with van der Waals surface area (Å²) in [6.45, 7) is 0. The van der Waals surface area contributed by atoms with Crippen LogP contribution in [0.25, 0.3) is 6.08 Å². The molecule has 0 spiro atoms. The lowest BCUT2D eigenvalue weighted by atomic mass is 10.1. The lowest BCUT2D eigenvalue weighted by Crippen LogP contribution is -2.07. The van der Waals surface area contributed by atoms with Gasteiger partial charge >= 0.3 is 6.18 Å². The molecule has 0 saturated heterocycles. The van der Waals surface area contributed by atoms with Crippen LogP contribution in [-0.4, -0.2) is 16.1 Å². The fourth-order valence-corrected chi connectivity index (χ4v) is 3.99. The van der Waals surface area contributed by atoms with Crippen molar-refractivity contribution in [1.29, 1.82) is 5.26 Å². The fourth-order valence-electron chi connectivity index (χ4n) is 2.28. The van der Waals surface area contributed by atoms with Crippen LogP contribution in [0, 0.1) is 11.3 Å². The van der Waals surface area contributed by atoms with Crippen molar-refractivity contribution in [2.24, 2.45) is 0 Å². The summed E-state index contributed by atoms with van der Waals surface area (Å²) in [5.41, 5.74) is 1.08. The molecule has 0 aliphatic heterocycles. The zero-order valence-corrected chi connectivity index (χ0v) is 16.8. The first-order chi connectivity index (χ1) is 14.3. The maximum absolute atomic E-state index is 12.7. The molecule has 0 unspecified atom stereocenters. The number of halogens is 3. The number of hydrogen-bond donors (Lipinski definition) is 1. The van der Waals surface area contributed by atoms with E-state index in [0.717, 1.165) is 23.8 Å². The van der Waals surface area contributed by atoms with Crippen molar-refractivity contribution in [3.8, 4) is 6.07 Å². The van der Waals surface area contributed by atoms with E-state index in [1.54, 1.807) is 12.1 Å². The summed E-state index contributed by atoms with van der Waals surface area (Å²) in [7, 11) is 0. The van der Waals surface area contributed by atoms with Crippen LogP contribution in [0.1, 0.15) is 22.3 Å². The van der Waals surface area contributed by atoms with Gasteiger partial charge in [0.1, 0.15) is 0 Å². The average molecular weight is 446 g/mol. The van der Waals surface area contributed by atoms with Crippen LogP contribution in [0.15, 0.2) is 58.9 Å². The quantitative estimate of drug-likeness (QED) is 0.313. The molecule has 0 saturated carbocycles. The molecule has 3 aromatic rings. The van der Waals surface area contributed by atoms with E-state index < -0.39 is 17.6 Å². The van der Waals surface area contributed by atoms with Crippen LogP contribution < -0.4 is 5.32 Å². The molecule has 1 aromatic heterocycles. The highest BCUT2D eigenvalue weighted by atomic mass is 32.2. The van der Waals surface area contributed by atoms with Crippen LogP contribution in [0.3, 0.4) is 0 Å². The Morgan fingerprint density at radius 2 is 1.97 bits per heavy atom. The molecular formula is C20H13F3N4OS2. The first kappa shape index (κ1) is 21.5. The smallest absolute Gasteiger partial charge is 0.297 e. The Bertz CT molecular complexity index is 1100. The highest BCUT2D eigenvalue weighted by Crippen LogP contribution is 2.30. The maximum Gasteiger partial charge on any atom is 0.416 e. The number of rotatable bonds is 6.